The van der Waals surface area contributed by atoms with Gasteiger partial charge in [0, 0.05) is 12.2 Å². The monoisotopic (exact) mass is 126 g/mol. The highest BCUT2D eigenvalue weighted by molar-refractivity contribution is 7.71. The molecule has 0 radical (unpaired) electrons. The highest BCUT2D eigenvalue weighted by atomic mass is 32.1. The summed E-state index contributed by atoms with van der Waals surface area (Å²) in [7, 11) is 0. The lowest BCUT2D eigenvalue weighted by Crippen LogP contribution is -1.55. The lowest BCUT2D eigenvalue weighted by Gasteiger charge is -1.65. The molecule has 1 rings (SSSR count). The van der Waals surface area contributed by atoms with E-state index in [1.54, 1.807) is 0 Å². The second kappa shape index (κ2) is 1.85. The van der Waals surface area contributed by atoms with Crippen LogP contribution in [-0.2, 0) is 0 Å². The summed E-state index contributed by atoms with van der Waals surface area (Å²) >= 11 is 4.47. The van der Waals surface area contributed by atoms with Gasteiger partial charge in [0.25, 0.3) is 0 Å². The van der Waals surface area contributed by atoms with Crippen molar-refractivity contribution in [3.8, 4) is 12.3 Å². The Morgan fingerprint density at radius 2 is 2.50 bits per heavy atom. The molecule has 1 aromatic heterocycles. The van der Waals surface area contributed by atoms with Gasteiger partial charge in [-0.25, -0.2) is 0 Å². The number of terminal acetylenes is 1. The summed E-state index contributed by atoms with van der Waals surface area (Å²) in [6.07, 6.45) is 6.21. The quantitative estimate of drug-likeness (QED) is 0.390. The molecule has 0 unspecified atom stereocenters. The molecule has 3 heteroatoms. The molecule has 0 spiro atoms. The first kappa shape index (κ1) is 5.13. The van der Waals surface area contributed by atoms with E-state index in [0.29, 0.717) is 5.76 Å². The SMILES string of the molecule is C#Cc1coc(=S)o1. The fourth-order valence-electron chi connectivity index (χ4n) is 0.303. The molecule has 0 atom stereocenters. The van der Waals surface area contributed by atoms with Crippen molar-refractivity contribution in [1.29, 1.82) is 0 Å². The van der Waals surface area contributed by atoms with Gasteiger partial charge in [0.1, 0.15) is 6.26 Å². The van der Waals surface area contributed by atoms with Crippen LogP contribution in [0.25, 0.3) is 0 Å². The molecule has 0 fully saturated rings. The van der Waals surface area contributed by atoms with E-state index in [-0.39, 0.29) is 4.90 Å². The van der Waals surface area contributed by atoms with E-state index in [9.17, 15) is 0 Å². The average Bonchev–Trinajstić information content (AvgIpc) is 2.14. The third-order valence-corrected chi connectivity index (χ3v) is 0.777. The van der Waals surface area contributed by atoms with Crippen molar-refractivity contribution < 1.29 is 8.83 Å². The lowest BCUT2D eigenvalue weighted by atomic mass is 10.6. The molecule has 40 valence electrons. The topological polar surface area (TPSA) is 26.3 Å². The minimum absolute atomic E-state index is 0.0675. The summed E-state index contributed by atoms with van der Waals surface area (Å²) in [5.41, 5.74) is 0. The van der Waals surface area contributed by atoms with Crippen molar-refractivity contribution in [3.05, 3.63) is 16.9 Å². The van der Waals surface area contributed by atoms with Crippen LogP contribution in [0.1, 0.15) is 5.76 Å². The zero-order chi connectivity index (χ0) is 5.98. The molecule has 0 saturated carbocycles. The van der Waals surface area contributed by atoms with Crippen LogP contribution in [0.15, 0.2) is 15.1 Å². The molecule has 0 amide bonds. The van der Waals surface area contributed by atoms with E-state index in [1.165, 1.54) is 6.26 Å². The average molecular weight is 126 g/mol. The van der Waals surface area contributed by atoms with Crippen molar-refractivity contribution in [3.63, 3.8) is 0 Å². The Balaban J connectivity index is 3.25. The molecular formula is C5H2O2S. The normalized spacial score (nSPS) is 8.38. The molecule has 0 bridgehead atoms. The first-order chi connectivity index (χ1) is 3.83. The van der Waals surface area contributed by atoms with E-state index in [0.717, 1.165) is 0 Å². The van der Waals surface area contributed by atoms with Gasteiger partial charge in [0.05, 0.1) is 0 Å². The van der Waals surface area contributed by atoms with Gasteiger partial charge in [-0.05, 0) is 5.92 Å². The summed E-state index contributed by atoms with van der Waals surface area (Å²) in [4.78, 5) is 0.0675. The third-order valence-electron chi connectivity index (χ3n) is 0.598. The van der Waals surface area contributed by atoms with Crippen LogP contribution < -0.4 is 0 Å². The summed E-state index contributed by atoms with van der Waals surface area (Å²) in [6, 6.07) is 0. The van der Waals surface area contributed by atoms with E-state index in [4.69, 9.17) is 6.42 Å². The van der Waals surface area contributed by atoms with Gasteiger partial charge >= 0.3 is 4.90 Å². The molecule has 2 nitrogen and oxygen atoms in total. The molecule has 0 aliphatic carbocycles. The smallest absolute Gasteiger partial charge is 0.363 e. The number of rotatable bonds is 0. The second-order valence-electron chi connectivity index (χ2n) is 1.10. The number of hydrogen-bond acceptors (Lipinski definition) is 3. The van der Waals surface area contributed by atoms with Crippen LogP contribution in [-0.4, -0.2) is 0 Å². The van der Waals surface area contributed by atoms with Crippen LogP contribution in [0, 0.1) is 17.2 Å². The van der Waals surface area contributed by atoms with Gasteiger partial charge in [-0.15, -0.1) is 6.42 Å². The largest absolute Gasteiger partial charge is 0.421 e. The van der Waals surface area contributed by atoms with Crippen LogP contribution in [0.5, 0.6) is 0 Å². The van der Waals surface area contributed by atoms with Gasteiger partial charge in [-0.3, -0.25) is 0 Å². The Hall–Kier alpha value is -1.01. The predicted molar refractivity (Wildman–Crippen MR) is 29.7 cm³/mol. The van der Waals surface area contributed by atoms with Crippen LogP contribution in [0.2, 0.25) is 0 Å². The van der Waals surface area contributed by atoms with Gasteiger partial charge in [-0.1, -0.05) is 0 Å². The van der Waals surface area contributed by atoms with E-state index in [1.807, 2.05) is 0 Å². The Kier molecular flexibility index (Phi) is 1.18. The molecule has 0 aromatic carbocycles. The maximum absolute atomic E-state index is 4.91. The fraction of sp³-hybridized carbons (Fsp3) is 0. The highest BCUT2D eigenvalue weighted by Crippen LogP contribution is 1.98. The Morgan fingerprint density at radius 1 is 1.75 bits per heavy atom. The van der Waals surface area contributed by atoms with Crippen molar-refractivity contribution in [2.24, 2.45) is 0 Å². The summed E-state index contributed by atoms with van der Waals surface area (Å²) < 4.78 is 9.21. The van der Waals surface area contributed by atoms with E-state index in [2.05, 4.69) is 27.0 Å². The Morgan fingerprint density at radius 3 is 2.75 bits per heavy atom. The fourth-order valence-corrected chi connectivity index (χ4v) is 0.441. The molecule has 0 aliphatic heterocycles. The van der Waals surface area contributed by atoms with Crippen molar-refractivity contribution >= 4 is 12.2 Å². The van der Waals surface area contributed by atoms with Crippen LogP contribution in [0.4, 0.5) is 0 Å². The third kappa shape index (κ3) is 0.796. The first-order valence-electron chi connectivity index (χ1n) is 1.88. The minimum atomic E-state index is 0.0675. The minimum Gasteiger partial charge on any atom is -0.421 e. The maximum atomic E-state index is 4.91. The first-order valence-corrected chi connectivity index (χ1v) is 2.29. The van der Waals surface area contributed by atoms with Crippen molar-refractivity contribution in [2.75, 3.05) is 0 Å². The van der Waals surface area contributed by atoms with Gasteiger partial charge in [-0.2, -0.15) is 0 Å². The zero-order valence-electron chi connectivity index (χ0n) is 3.88. The van der Waals surface area contributed by atoms with Crippen LogP contribution in [0.3, 0.4) is 0 Å². The summed E-state index contributed by atoms with van der Waals surface area (Å²) in [5.74, 6) is 2.55. The van der Waals surface area contributed by atoms with Crippen LogP contribution >= 0.6 is 12.2 Å². The number of hydrogen-bond donors (Lipinski definition) is 0. The standard InChI is InChI=1S/C5H2O2S/c1-2-4-3-6-5(8)7-4/h1,3H. The van der Waals surface area contributed by atoms with Gasteiger partial charge < -0.3 is 8.83 Å². The molecular weight excluding hydrogens is 124 g/mol. The highest BCUT2D eigenvalue weighted by Gasteiger charge is 1.89. The van der Waals surface area contributed by atoms with E-state index >= 15 is 0 Å². The Bertz CT molecular complexity index is 262. The summed E-state index contributed by atoms with van der Waals surface area (Å²) in [6.45, 7) is 0. The maximum Gasteiger partial charge on any atom is 0.363 e. The molecule has 1 aromatic rings. The van der Waals surface area contributed by atoms with Gasteiger partial charge in [0.15, 0.2) is 0 Å². The van der Waals surface area contributed by atoms with Crippen molar-refractivity contribution in [2.45, 2.75) is 0 Å². The summed E-state index contributed by atoms with van der Waals surface area (Å²) in [5, 5.41) is 0. The molecule has 0 N–H and O–H groups in total. The lowest BCUT2D eigenvalue weighted by molar-refractivity contribution is 0.416. The van der Waals surface area contributed by atoms with E-state index < -0.39 is 0 Å². The van der Waals surface area contributed by atoms with Crippen molar-refractivity contribution in [1.82, 2.24) is 0 Å². The predicted octanol–water partition coefficient (Wildman–Crippen LogP) is 1.58. The molecule has 8 heavy (non-hydrogen) atoms. The second-order valence-corrected chi connectivity index (χ2v) is 1.43. The molecule has 1 heterocycles. The molecule has 0 aliphatic rings. The zero-order valence-corrected chi connectivity index (χ0v) is 4.70. The molecule has 0 saturated heterocycles. The Labute approximate surface area is 51.1 Å². The van der Waals surface area contributed by atoms with Gasteiger partial charge in [0.2, 0.25) is 5.76 Å².